The molecule has 0 radical (unpaired) electrons. The third-order valence-corrected chi connectivity index (χ3v) is 15.6. The van der Waals surface area contributed by atoms with E-state index < -0.39 is 0 Å². The first-order valence-corrected chi connectivity index (χ1v) is 30.1. The summed E-state index contributed by atoms with van der Waals surface area (Å²) in [4.78, 5) is 29.9. The van der Waals surface area contributed by atoms with Gasteiger partial charge in [0, 0.05) is 92.3 Å². The number of hydrogen-bond donors (Lipinski definition) is 2. The number of carbonyl (C=O) groups excluding carboxylic acids is 2. The topological polar surface area (TPSA) is 139 Å². The fourth-order valence-corrected chi connectivity index (χ4v) is 11.1. The number of fused-ring (bicyclic) bond motifs is 2. The van der Waals surface area contributed by atoms with Crippen molar-refractivity contribution in [1.29, 1.82) is 0 Å². The van der Waals surface area contributed by atoms with Crippen LogP contribution in [0.15, 0.2) is 178 Å². The second-order valence-corrected chi connectivity index (χ2v) is 22.7. The minimum Gasteiger partial charge on any atom is -0.457 e. The molecule has 0 spiro atoms. The third kappa shape index (κ3) is 16.6. The maximum Gasteiger partial charge on any atom is 0.251 e. The summed E-state index contributed by atoms with van der Waals surface area (Å²) >= 11 is 0. The Labute approximate surface area is 499 Å². The predicted octanol–water partition coefficient (Wildman–Crippen LogP) is 13.6. The van der Waals surface area contributed by atoms with Crippen molar-refractivity contribution in [3.63, 3.8) is 0 Å². The van der Waals surface area contributed by atoms with Crippen molar-refractivity contribution in [3.05, 3.63) is 190 Å². The van der Waals surface area contributed by atoms with E-state index in [0.717, 1.165) is 73.6 Å². The van der Waals surface area contributed by atoms with Crippen LogP contribution in [0.3, 0.4) is 0 Å². The lowest BCUT2D eigenvalue weighted by Gasteiger charge is -2.27. The number of hydrogen-bond acceptors (Lipinski definition) is 11. The fraction of sp³-hybridized carbons (Fsp3) is 0.414. The molecule has 0 saturated carbocycles. The maximum atomic E-state index is 12.9. The Morgan fingerprint density at radius 3 is 1.90 bits per heavy atom. The molecule has 2 heterocycles. The van der Waals surface area contributed by atoms with Crippen LogP contribution in [0.25, 0.3) is 0 Å². The van der Waals surface area contributed by atoms with Gasteiger partial charge in [0.15, 0.2) is 5.71 Å². The summed E-state index contributed by atoms with van der Waals surface area (Å²) in [6, 6.07) is 40.7. The van der Waals surface area contributed by atoms with Crippen LogP contribution in [-0.4, -0.2) is 115 Å². The van der Waals surface area contributed by atoms with E-state index in [0.29, 0.717) is 90.0 Å². The normalized spacial score (nSPS) is 16.3. The molecule has 444 valence electrons. The molecule has 84 heavy (non-hydrogen) atoms. The molecule has 2 amide bonds. The van der Waals surface area contributed by atoms with Crippen molar-refractivity contribution in [2.45, 2.75) is 97.3 Å². The van der Waals surface area contributed by atoms with E-state index >= 15 is 0 Å². The smallest absolute Gasteiger partial charge is 0.251 e. The molecule has 2 N–H and O–H groups in total. The number of anilines is 2. The molecule has 0 aromatic heterocycles. The van der Waals surface area contributed by atoms with Crippen LogP contribution in [-0.2, 0) is 41.0 Å². The SMILES string of the molecule is CCCN1C(=CC=C2CCCC(C=CC3=[N+](CCC)c4ccccc4C3(C)C)=C2Oc2ccc(CCC(=O)NCCOCCOCCOCCOCCNC(=O)c3ccc(N=Nc4ccc(N(C)C)cc4)cc3)cc2)C(C)(C)c2ccccc21. The zero-order chi connectivity index (χ0) is 59.3. The van der Waals surface area contributed by atoms with E-state index in [4.69, 9.17) is 23.7 Å². The van der Waals surface area contributed by atoms with E-state index in [1.165, 1.54) is 45.1 Å². The highest BCUT2D eigenvalue weighted by atomic mass is 16.6. The van der Waals surface area contributed by atoms with E-state index in [-0.39, 0.29) is 22.6 Å². The Hall–Kier alpha value is -7.49. The van der Waals surface area contributed by atoms with Crippen molar-refractivity contribution in [3.8, 4) is 5.75 Å². The highest BCUT2D eigenvalue weighted by Gasteiger charge is 2.44. The summed E-state index contributed by atoms with van der Waals surface area (Å²) in [5, 5.41) is 14.4. The molecule has 3 aliphatic rings. The lowest BCUT2D eigenvalue weighted by molar-refractivity contribution is -0.437. The van der Waals surface area contributed by atoms with Crippen molar-refractivity contribution in [2.24, 2.45) is 10.2 Å². The highest BCUT2D eigenvalue weighted by molar-refractivity contribution is 6.03. The van der Waals surface area contributed by atoms with Gasteiger partial charge in [0.1, 0.15) is 18.1 Å². The molecule has 0 bridgehead atoms. The monoisotopic (exact) mass is 1140 g/mol. The van der Waals surface area contributed by atoms with Gasteiger partial charge in [-0.2, -0.15) is 14.8 Å². The summed E-state index contributed by atoms with van der Waals surface area (Å²) in [5.74, 6) is 1.49. The second-order valence-electron chi connectivity index (χ2n) is 22.7. The molecule has 1 aliphatic carbocycles. The first kappa shape index (κ1) is 62.6. The van der Waals surface area contributed by atoms with Gasteiger partial charge in [-0.05, 0) is 147 Å². The number of ether oxygens (including phenoxy) is 5. The van der Waals surface area contributed by atoms with Crippen molar-refractivity contribution in [2.75, 3.05) is 103 Å². The fourth-order valence-electron chi connectivity index (χ4n) is 11.1. The van der Waals surface area contributed by atoms with Gasteiger partial charge < -0.3 is 44.1 Å². The van der Waals surface area contributed by atoms with Crippen LogP contribution in [0.5, 0.6) is 5.75 Å². The summed E-state index contributed by atoms with van der Waals surface area (Å²) in [6.45, 7) is 19.9. The van der Waals surface area contributed by atoms with Crippen LogP contribution in [0.1, 0.15) is 107 Å². The van der Waals surface area contributed by atoms with Crippen molar-refractivity contribution >= 4 is 46.0 Å². The van der Waals surface area contributed by atoms with Gasteiger partial charge in [0.2, 0.25) is 11.6 Å². The minimum absolute atomic E-state index is 0.0203. The van der Waals surface area contributed by atoms with Crippen molar-refractivity contribution < 1.29 is 37.8 Å². The average Bonchev–Trinajstić information content (AvgIpc) is 2.73. The van der Waals surface area contributed by atoms with Crippen molar-refractivity contribution in [1.82, 2.24) is 10.6 Å². The quantitative estimate of drug-likeness (QED) is 0.0252. The van der Waals surface area contributed by atoms with E-state index in [2.05, 4.69) is 157 Å². The highest BCUT2D eigenvalue weighted by Crippen LogP contribution is 2.48. The second kappa shape index (κ2) is 30.9. The molecule has 0 atom stereocenters. The number of carbonyl (C=O) groups is 2. The van der Waals surface area contributed by atoms with Crippen LogP contribution in [0.4, 0.5) is 28.4 Å². The number of rotatable bonds is 31. The van der Waals surface area contributed by atoms with E-state index in [9.17, 15) is 9.59 Å². The summed E-state index contributed by atoms with van der Waals surface area (Å²) in [6.07, 6.45) is 15.3. The Morgan fingerprint density at radius 1 is 0.655 bits per heavy atom. The van der Waals surface area contributed by atoms with Gasteiger partial charge in [-0.25, -0.2) is 0 Å². The van der Waals surface area contributed by atoms with Crippen LogP contribution in [0, 0.1) is 0 Å². The molecular weight excluding hydrogens is 1050 g/mol. The summed E-state index contributed by atoms with van der Waals surface area (Å²) in [7, 11) is 3.98. The average molecular weight is 1140 g/mol. The molecule has 0 saturated heterocycles. The lowest BCUT2D eigenvalue weighted by atomic mass is 9.81. The maximum absolute atomic E-state index is 12.9. The number of benzene rings is 5. The third-order valence-electron chi connectivity index (χ3n) is 15.6. The molecule has 0 fully saturated rings. The number of allylic oxidation sites excluding steroid dienone is 7. The molecule has 14 nitrogen and oxygen atoms in total. The molecule has 0 unspecified atom stereocenters. The molecule has 2 aliphatic heterocycles. The standard InChI is InChI=1S/C70H87N7O7/c1-9-42-76-62-20-13-11-18-60(62)69(3,4)64(76)37-27-53-16-15-17-54(28-38-65-70(5,6)61-19-12-14-21-63(61)77(65)43-10-2)67(53)84-59-35-22-52(23-36-59)24-39-66(78)71-40-44-80-46-48-82-50-51-83-49-47-81-45-41-72-68(79)55-25-29-56(30-26-55)73-74-57-31-33-58(34-32-57)75(7)8/h11-14,18-23,25-38H,9-10,15-17,24,39-51H2,1-8H3,(H-,71,72,78,79)/p+1. The van der Waals surface area contributed by atoms with E-state index in [1.807, 2.05) is 55.4 Å². The lowest BCUT2D eigenvalue weighted by Crippen LogP contribution is -2.28. The van der Waals surface area contributed by atoms with E-state index in [1.54, 1.807) is 24.3 Å². The number of para-hydroxylation sites is 2. The van der Waals surface area contributed by atoms with Crippen LogP contribution < -0.4 is 25.2 Å². The van der Waals surface area contributed by atoms with Gasteiger partial charge >= 0.3 is 0 Å². The van der Waals surface area contributed by atoms with Crippen LogP contribution in [0.2, 0.25) is 0 Å². The number of aryl methyl sites for hydroxylation is 1. The zero-order valence-electron chi connectivity index (χ0n) is 50.9. The Morgan fingerprint density at radius 2 is 1.26 bits per heavy atom. The number of azo groups is 1. The molecule has 14 heteroatoms. The number of amides is 2. The van der Waals surface area contributed by atoms with Gasteiger partial charge in [-0.1, -0.05) is 82.3 Å². The zero-order valence-corrected chi connectivity index (χ0v) is 50.9. The molecule has 8 rings (SSSR count). The Balaban J connectivity index is 0.731. The van der Waals surface area contributed by atoms with Gasteiger partial charge in [-0.15, -0.1) is 0 Å². The Bertz CT molecular complexity index is 3170. The molecular formula is C70H88N7O7+. The molecule has 5 aromatic carbocycles. The first-order chi connectivity index (χ1) is 40.8. The Kier molecular flexibility index (Phi) is 23.0. The molecule has 5 aromatic rings. The van der Waals surface area contributed by atoms with Gasteiger partial charge in [0.25, 0.3) is 5.91 Å². The first-order valence-electron chi connectivity index (χ1n) is 30.1. The summed E-state index contributed by atoms with van der Waals surface area (Å²) in [5.41, 5.74) is 14.2. The van der Waals surface area contributed by atoms with Gasteiger partial charge in [-0.3, -0.25) is 9.59 Å². The predicted molar refractivity (Wildman–Crippen MR) is 338 cm³/mol. The largest absolute Gasteiger partial charge is 0.457 e. The number of nitrogens with one attached hydrogen (secondary N) is 2. The van der Waals surface area contributed by atoms with Gasteiger partial charge in [0.05, 0.1) is 69.6 Å². The summed E-state index contributed by atoms with van der Waals surface area (Å²) < 4.78 is 32.0. The van der Waals surface area contributed by atoms with Crippen LogP contribution >= 0.6 is 0 Å². The number of nitrogens with zero attached hydrogens (tertiary/aromatic N) is 5. The minimum atomic E-state index is -0.185.